The Hall–Kier alpha value is -8.40. The average molecular weight is 1120 g/mol. The number of carbonyl (C=O) groups excluding carboxylic acids is 8. The lowest BCUT2D eigenvalue weighted by atomic mass is 9.91. The number of ether oxygens (including phenoxy) is 9. The zero-order valence-electron chi connectivity index (χ0n) is 46.6. The fraction of sp³-hybridized carbons (Fsp3) is 0.458. The second-order valence-corrected chi connectivity index (χ2v) is 19.4. The van der Waals surface area contributed by atoms with Gasteiger partial charge >= 0.3 is 5.97 Å². The highest BCUT2D eigenvalue weighted by Gasteiger charge is 2.46. The van der Waals surface area contributed by atoms with Crippen LogP contribution in [0.2, 0.25) is 0 Å². The van der Waals surface area contributed by atoms with E-state index in [-0.39, 0.29) is 54.7 Å². The molecule has 81 heavy (non-hydrogen) atoms. The number of rotatable bonds is 29. The van der Waals surface area contributed by atoms with Gasteiger partial charge in [0.1, 0.15) is 29.7 Å². The smallest absolute Gasteiger partial charge is 0.329 e. The van der Waals surface area contributed by atoms with Gasteiger partial charge in [-0.3, -0.25) is 43.8 Å². The van der Waals surface area contributed by atoms with Crippen molar-refractivity contribution in [2.24, 2.45) is 0 Å². The number of hydrogen-bond acceptors (Lipinski definition) is 17. The van der Waals surface area contributed by atoms with E-state index in [0.29, 0.717) is 110 Å². The van der Waals surface area contributed by atoms with Crippen LogP contribution in [0.3, 0.4) is 0 Å². The SMILES string of the molecule is CC[C@H](C(=O)N1CCCC[C@H]1C(=O)O[C@H](CCc1ccc(OC)c(OC)c1)c1cccc(OCC(=O)NCCCOCCCNC(=O)COc2cccc3c2C(=O)N(C2CCC(=O)NC2=O)C3=O)c1)c1cc(OC)c(OC)c(OC)c1. The molecular formula is C59H71N5O17. The van der Waals surface area contributed by atoms with Gasteiger partial charge in [-0.05, 0) is 123 Å². The normalized spacial score (nSPS) is 16.6. The second kappa shape index (κ2) is 29.2. The molecule has 7 rings (SSSR count). The topological polar surface area (TPSA) is 262 Å². The Labute approximate surface area is 470 Å². The van der Waals surface area contributed by atoms with Crippen LogP contribution in [-0.2, 0) is 44.7 Å². The first-order valence-corrected chi connectivity index (χ1v) is 27.1. The summed E-state index contributed by atoms with van der Waals surface area (Å²) in [6.07, 6.45) is 3.39. The number of amides is 7. The molecule has 2 fully saturated rings. The first kappa shape index (κ1) is 60.2. The third-order valence-electron chi connectivity index (χ3n) is 14.2. The van der Waals surface area contributed by atoms with E-state index in [1.54, 1.807) is 49.5 Å². The molecule has 0 spiro atoms. The Bertz CT molecular complexity index is 2910. The van der Waals surface area contributed by atoms with E-state index in [2.05, 4.69) is 16.0 Å². The molecule has 3 aliphatic heterocycles. The molecule has 4 aromatic rings. The van der Waals surface area contributed by atoms with Gasteiger partial charge in [-0.25, -0.2) is 4.79 Å². The van der Waals surface area contributed by atoms with Crippen molar-refractivity contribution >= 4 is 47.3 Å². The quantitative estimate of drug-likeness (QED) is 0.0349. The highest BCUT2D eigenvalue weighted by atomic mass is 16.5. The first-order valence-electron chi connectivity index (χ1n) is 27.1. The maximum Gasteiger partial charge on any atom is 0.329 e. The molecule has 3 aliphatic rings. The number of methoxy groups -OCH3 is 5. The van der Waals surface area contributed by atoms with E-state index >= 15 is 0 Å². The summed E-state index contributed by atoms with van der Waals surface area (Å²) in [5, 5.41) is 7.70. The Balaban J connectivity index is 0.869. The van der Waals surface area contributed by atoms with Crippen LogP contribution >= 0.6 is 0 Å². The molecular weight excluding hydrogens is 1050 g/mol. The second-order valence-electron chi connectivity index (χ2n) is 19.4. The van der Waals surface area contributed by atoms with Gasteiger partial charge in [-0.2, -0.15) is 0 Å². The predicted molar refractivity (Wildman–Crippen MR) is 292 cm³/mol. The minimum Gasteiger partial charge on any atom is -0.493 e. The van der Waals surface area contributed by atoms with Crippen LogP contribution in [0.4, 0.5) is 0 Å². The third-order valence-corrected chi connectivity index (χ3v) is 14.2. The highest BCUT2D eigenvalue weighted by Crippen LogP contribution is 2.42. The van der Waals surface area contributed by atoms with Crippen molar-refractivity contribution in [1.29, 1.82) is 0 Å². The molecule has 2 saturated heterocycles. The van der Waals surface area contributed by atoms with Gasteiger partial charge in [0.2, 0.25) is 23.5 Å². The molecule has 0 saturated carbocycles. The van der Waals surface area contributed by atoms with Crippen LogP contribution in [0, 0.1) is 0 Å². The Morgan fingerprint density at radius 1 is 0.691 bits per heavy atom. The van der Waals surface area contributed by atoms with Gasteiger partial charge in [0, 0.05) is 39.3 Å². The lowest BCUT2D eigenvalue weighted by Gasteiger charge is -2.37. The lowest BCUT2D eigenvalue weighted by molar-refractivity contribution is -0.162. The summed E-state index contributed by atoms with van der Waals surface area (Å²) < 4.78 is 51.4. The molecule has 0 aromatic heterocycles. The van der Waals surface area contributed by atoms with Crippen molar-refractivity contribution in [3.05, 3.63) is 101 Å². The largest absolute Gasteiger partial charge is 0.493 e. The van der Waals surface area contributed by atoms with Crippen LogP contribution in [0.1, 0.15) is 114 Å². The number of carbonyl (C=O) groups is 8. The van der Waals surface area contributed by atoms with Crippen LogP contribution in [0.5, 0.6) is 40.2 Å². The van der Waals surface area contributed by atoms with Gasteiger partial charge in [0.15, 0.2) is 36.2 Å². The maximum absolute atomic E-state index is 14.5. The molecule has 3 N–H and O–H groups in total. The fourth-order valence-corrected chi connectivity index (χ4v) is 10.1. The zero-order valence-corrected chi connectivity index (χ0v) is 46.6. The van der Waals surface area contributed by atoms with E-state index in [4.69, 9.17) is 42.6 Å². The summed E-state index contributed by atoms with van der Waals surface area (Å²) in [5.74, 6) is -2.01. The van der Waals surface area contributed by atoms with E-state index < -0.39 is 66.2 Å². The van der Waals surface area contributed by atoms with Gasteiger partial charge in [-0.15, -0.1) is 0 Å². The summed E-state index contributed by atoms with van der Waals surface area (Å²) >= 11 is 0. The number of likely N-dealkylation sites (tertiary alicyclic amines) is 1. The van der Waals surface area contributed by atoms with Crippen molar-refractivity contribution in [1.82, 2.24) is 25.8 Å². The molecule has 0 aliphatic carbocycles. The number of benzene rings is 4. The van der Waals surface area contributed by atoms with E-state index in [1.807, 2.05) is 31.2 Å². The highest BCUT2D eigenvalue weighted by molar-refractivity contribution is 6.24. The zero-order chi connectivity index (χ0) is 58.0. The maximum atomic E-state index is 14.5. The van der Waals surface area contributed by atoms with Crippen molar-refractivity contribution in [3.8, 4) is 40.2 Å². The molecule has 434 valence electrons. The number of hydrogen-bond donors (Lipinski definition) is 3. The molecule has 1 unspecified atom stereocenters. The van der Waals surface area contributed by atoms with Crippen molar-refractivity contribution < 1.29 is 81.0 Å². The van der Waals surface area contributed by atoms with Crippen LogP contribution in [0.25, 0.3) is 0 Å². The summed E-state index contributed by atoms with van der Waals surface area (Å²) in [7, 11) is 7.67. The van der Waals surface area contributed by atoms with Crippen molar-refractivity contribution in [2.75, 3.05) is 81.6 Å². The molecule has 3 heterocycles. The van der Waals surface area contributed by atoms with E-state index in [1.165, 1.54) is 39.5 Å². The summed E-state index contributed by atoms with van der Waals surface area (Å²) in [5.41, 5.74) is 2.21. The number of esters is 1. The monoisotopic (exact) mass is 1120 g/mol. The standard InChI is InChI=1S/C59H71N5O17/c1-7-40(38-32-48(75-4)54(77-6)49(33-38)76-5)56(69)63-27-9-8-17-43(63)59(72)81-44(22-19-36-20-23-45(73-2)47(30-36)74-3)37-14-10-15-39(31-37)79-34-51(66)60-25-12-28-78-29-13-26-61-52(67)35-80-46-18-11-16-41-53(46)58(71)64(57(41)70)42-21-24-50(65)62-55(42)68/h10-11,14-16,18,20,23,30-33,40,42-44H,7-9,12-13,17,19,21-22,24-29,34-35H2,1-6H3,(H,60,66)(H,61,67)(H,62,65,68)/t40-,42?,43-,44+/m0/s1. The Morgan fingerprint density at radius 2 is 1.37 bits per heavy atom. The number of aryl methyl sites for hydroxylation is 1. The average Bonchev–Trinajstić information content (AvgIpc) is 3.91. The molecule has 0 bridgehead atoms. The van der Waals surface area contributed by atoms with Gasteiger partial charge in [0.25, 0.3) is 23.6 Å². The molecule has 4 atom stereocenters. The van der Waals surface area contributed by atoms with Crippen LogP contribution < -0.4 is 49.1 Å². The molecule has 0 radical (unpaired) electrons. The number of nitrogens with zero attached hydrogens (tertiary/aromatic N) is 2. The van der Waals surface area contributed by atoms with E-state index in [9.17, 15) is 38.4 Å². The number of piperidine rings is 2. The number of imide groups is 2. The number of fused-ring (bicyclic) bond motifs is 1. The minimum absolute atomic E-state index is 0.0106. The van der Waals surface area contributed by atoms with Crippen molar-refractivity contribution in [3.63, 3.8) is 0 Å². The van der Waals surface area contributed by atoms with Gasteiger partial charge in [0.05, 0.1) is 52.6 Å². The Kier molecular flexibility index (Phi) is 21.7. The summed E-state index contributed by atoms with van der Waals surface area (Å²) in [6, 6.07) is 18.6. The summed E-state index contributed by atoms with van der Waals surface area (Å²) in [6.45, 7) is 2.82. The number of nitrogens with one attached hydrogen (secondary N) is 3. The third kappa shape index (κ3) is 15.1. The Morgan fingerprint density at radius 3 is 2.02 bits per heavy atom. The lowest BCUT2D eigenvalue weighted by Crippen LogP contribution is -2.54. The molecule has 7 amide bonds. The van der Waals surface area contributed by atoms with Crippen LogP contribution in [0.15, 0.2) is 72.8 Å². The summed E-state index contributed by atoms with van der Waals surface area (Å²) in [4.78, 5) is 107. The van der Waals surface area contributed by atoms with Gasteiger partial charge in [-0.1, -0.05) is 31.2 Å². The first-order chi connectivity index (χ1) is 39.2. The molecule has 22 nitrogen and oxygen atoms in total. The van der Waals surface area contributed by atoms with E-state index in [0.717, 1.165) is 23.3 Å². The molecule has 22 heteroatoms. The molecule has 4 aromatic carbocycles. The van der Waals surface area contributed by atoms with Crippen molar-refractivity contribution in [2.45, 2.75) is 95.2 Å². The van der Waals surface area contributed by atoms with Gasteiger partial charge < -0.3 is 58.2 Å². The van der Waals surface area contributed by atoms with Crippen LogP contribution in [-0.4, -0.2) is 151 Å². The predicted octanol–water partition coefficient (Wildman–Crippen LogP) is 5.41. The minimum atomic E-state index is -1.13. The fourth-order valence-electron chi connectivity index (χ4n) is 10.1.